The van der Waals surface area contributed by atoms with E-state index < -0.39 is 0 Å². The van der Waals surface area contributed by atoms with Crippen LogP contribution in [0.25, 0.3) is 0 Å². The Labute approximate surface area is 174 Å². The van der Waals surface area contributed by atoms with Gasteiger partial charge in [0.25, 0.3) is 5.91 Å². The summed E-state index contributed by atoms with van der Waals surface area (Å²) in [6, 6.07) is 6.70. The van der Waals surface area contributed by atoms with Crippen molar-refractivity contribution in [3.8, 4) is 0 Å². The van der Waals surface area contributed by atoms with Gasteiger partial charge in [0.05, 0.1) is 23.2 Å². The van der Waals surface area contributed by atoms with Crippen molar-refractivity contribution in [2.24, 2.45) is 5.92 Å². The number of nitrogens with zero attached hydrogens (tertiary/aromatic N) is 2. The van der Waals surface area contributed by atoms with Gasteiger partial charge in [-0.3, -0.25) is 4.79 Å². The monoisotopic (exact) mass is 420 g/mol. The molecule has 1 aromatic heterocycles. The molecule has 1 heterocycles. The van der Waals surface area contributed by atoms with Gasteiger partial charge in [-0.2, -0.15) is 0 Å². The molecule has 28 heavy (non-hydrogen) atoms. The lowest BCUT2D eigenvalue weighted by Gasteiger charge is -2.29. The molecule has 0 spiro atoms. The summed E-state index contributed by atoms with van der Waals surface area (Å²) in [6.45, 7) is -0.0651. The molecule has 0 bridgehead atoms. The molecule has 1 fully saturated rings. The second kappa shape index (κ2) is 10.1. The number of hydrogen-bond donors (Lipinski definition) is 3. The van der Waals surface area contributed by atoms with Crippen LogP contribution in [0.5, 0.6) is 0 Å². The first-order chi connectivity index (χ1) is 13.6. The van der Waals surface area contributed by atoms with Crippen LogP contribution in [0.3, 0.4) is 0 Å². The number of rotatable bonds is 7. The summed E-state index contributed by atoms with van der Waals surface area (Å²) in [6.07, 6.45) is 9.18. The van der Waals surface area contributed by atoms with Crippen molar-refractivity contribution in [3.63, 3.8) is 0 Å². The number of carbonyl (C=O) groups excluding carboxylic acids is 1. The molecule has 1 saturated carbocycles. The average molecular weight is 421 g/mol. The SMILES string of the molecule is CSc1nccc(Nc2ccc(Cl)c(C(=O)N[C@H](CO)C3CCCCC3)c2)n1. The molecule has 1 aliphatic carbocycles. The van der Waals surface area contributed by atoms with E-state index in [-0.39, 0.29) is 18.6 Å². The van der Waals surface area contributed by atoms with Gasteiger partial charge in [-0.1, -0.05) is 42.6 Å². The Morgan fingerprint density at radius 1 is 1.32 bits per heavy atom. The number of thioether (sulfide) groups is 1. The maximum Gasteiger partial charge on any atom is 0.253 e. The number of benzene rings is 1. The normalized spacial score (nSPS) is 15.8. The molecule has 1 amide bonds. The number of carbonyl (C=O) groups is 1. The fraction of sp³-hybridized carbons (Fsp3) is 0.450. The molecule has 3 N–H and O–H groups in total. The van der Waals surface area contributed by atoms with Crippen molar-refractivity contribution in [1.29, 1.82) is 0 Å². The number of aliphatic hydroxyl groups is 1. The Hall–Kier alpha value is -1.83. The highest BCUT2D eigenvalue weighted by Gasteiger charge is 2.25. The third kappa shape index (κ3) is 5.37. The number of amides is 1. The average Bonchev–Trinajstić information content (AvgIpc) is 2.74. The number of nitrogens with one attached hydrogen (secondary N) is 2. The zero-order chi connectivity index (χ0) is 19.9. The van der Waals surface area contributed by atoms with Gasteiger partial charge in [-0.05, 0) is 49.3 Å². The topological polar surface area (TPSA) is 87.1 Å². The Morgan fingerprint density at radius 3 is 2.82 bits per heavy atom. The number of anilines is 2. The molecule has 2 aromatic rings. The van der Waals surface area contributed by atoms with Gasteiger partial charge >= 0.3 is 0 Å². The van der Waals surface area contributed by atoms with Crippen LogP contribution >= 0.6 is 23.4 Å². The Bertz CT molecular complexity index is 815. The van der Waals surface area contributed by atoms with Gasteiger partial charge in [0.1, 0.15) is 5.82 Å². The van der Waals surface area contributed by atoms with Crippen LogP contribution in [0.2, 0.25) is 5.02 Å². The molecule has 1 atom stereocenters. The second-order valence-electron chi connectivity index (χ2n) is 6.91. The summed E-state index contributed by atoms with van der Waals surface area (Å²) in [5.74, 6) is 0.683. The quantitative estimate of drug-likeness (QED) is 0.458. The van der Waals surface area contributed by atoms with E-state index in [2.05, 4.69) is 20.6 Å². The standard InChI is InChI=1S/C20H25ClN4O2S/c1-28-20-22-10-9-18(25-20)23-14-7-8-16(21)15(11-14)19(27)24-17(12-26)13-5-3-2-4-6-13/h7-11,13,17,26H,2-6,12H2,1H3,(H,24,27)(H,22,23,25)/t17-/m1/s1. The minimum atomic E-state index is -0.272. The number of aliphatic hydroxyl groups excluding tert-OH is 1. The molecule has 1 aromatic carbocycles. The number of hydrogen-bond acceptors (Lipinski definition) is 6. The van der Waals surface area contributed by atoms with Crippen LogP contribution in [0.1, 0.15) is 42.5 Å². The Morgan fingerprint density at radius 2 is 2.11 bits per heavy atom. The van der Waals surface area contributed by atoms with Crippen molar-refractivity contribution in [3.05, 3.63) is 41.0 Å². The van der Waals surface area contributed by atoms with Crippen LogP contribution in [-0.2, 0) is 0 Å². The number of halogens is 1. The zero-order valence-electron chi connectivity index (χ0n) is 15.8. The molecule has 0 saturated heterocycles. The fourth-order valence-electron chi connectivity index (χ4n) is 3.53. The van der Waals surface area contributed by atoms with Gasteiger partial charge < -0.3 is 15.7 Å². The van der Waals surface area contributed by atoms with E-state index in [0.29, 0.717) is 33.2 Å². The second-order valence-corrected chi connectivity index (χ2v) is 8.09. The molecule has 6 nitrogen and oxygen atoms in total. The molecule has 1 aliphatic rings. The zero-order valence-corrected chi connectivity index (χ0v) is 17.4. The van der Waals surface area contributed by atoms with Gasteiger partial charge in [0.15, 0.2) is 5.16 Å². The maximum absolute atomic E-state index is 12.8. The summed E-state index contributed by atoms with van der Waals surface area (Å²) in [4.78, 5) is 21.3. The molecule has 150 valence electrons. The van der Waals surface area contributed by atoms with Crippen LogP contribution in [0.4, 0.5) is 11.5 Å². The first kappa shape index (κ1) is 20.9. The van der Waals surface area contributed by atoms with Crippen molar-refractivity contribution in [2.45, 2.75) is 43.3 Å². The largest absolute Gasteiger partial charge is 0.394 e. The van der Waals surface area contributed by atoms with Crippen molar-refractivity contribution >= 4 is 40.8 Å². The first-order valence-corrected chi connectivity index (χ1v) is 11.1. The molecular formula is C20H25ClN4O2S. The molecule has 0 radical (unpaired) electrons. The predicted molar refractivity (Wildman–Crippen MR) is 113 cm³/mol. The Balaban J connectivity index is 1.73. The highest BCUT2D eigenvalue weighted by molar-refractivity contribution is 7.98. The van der Waals surface area contributed by atoms with E-state index in [4.69, 9.17) is 11.6 Å². The summed E-state index contributed by atoms with van der Waals surface area (Å²) in [5, 5.41) is 17.0. The molecule has 3 rings (SSSR count). The lowest BCUT2D eigenvalue weighted by Crippen LogP contribution is -2.43. The minimum Gasteiger partial charge on any atom is -0.394 e. The number of aromatic nitrogens is 2. The summed E-state index contributed by atoms with van der Waals surface area (Å²) < 4.78 is 0. The highest BCUT2D eigenvalue weighted by Crippen LogP contribution is 2.28. The molecule has 0 unspecified atom stereocenters. The molecule has 8 heteroatoms. The van der Waals surface area contributed by atoms with Gasteiger partial charge in [0.2, 0.25) is 0 Å². The van der Waals surface area contributed by atoms with Crippen LogP contribution < -0.4 is 10.6 Å². The van der Waals surface area contributed by atoms with Gasteiger partial charge in [-0.25, -0.2) is 9.97 Å². The van der Waals surface area contributed by atoms with E-state index in [9.17, 15) is 9.90 Å². The van der Waals surface area contributed by atoms with E-state index in [1.807, 2.05) is 6.26 Å². The van der Waals surface area contributed by atoms with Crippen LogP contribution in [0, 0.1) is 5.92 Å². The van der Waals surface area contributed by atoms with E-state index in [1.165, 1.54) is 18.2 Å². The van der Waals surface area contributed by atoms with Gasteiger partial charge in [0, 0.05) is 11.9 Å². The fourth-order valence-corrected chi connectivity index (χ4v) is 4.09. The van der Waals surface area contributed by atoms with Gasteiger partial charge in [-0.15, -0.1) is 0 Å². The lowest BCUT2D eigenvalue weighted by molar-refractivity contribution is 0.0871. The summed E-state index contributed by atoms with van der Waals surface area (Å²) in [7, 11) is 0. The Kier molecular flexibility index (Phi) is 7.53. The smallest absolute Gasteiger partial charge is 0.253 e. The molecular weight excluding hydrogens is 396 g/mol. The van der Waals surface area contributed by atoms with Crippen molar-refractivity contribution in [1.82, 2.24) is 15.3 Å². The van der Waals surface area contributed by atoms with Crippen molar-refractivity contribution in [2.75, 3.05) is 18.2 Å². The predicted octanol–water partition coefficient (Wildman–Crippen LogP) is 4.27. The molecule has 0 aliphatic heterocycles. The minimum absolute atomic E-state index is 0.0651. The maximum atomic E-state index is 12.8. The first-order valence-electron chi connectivity index (χ1n) is 9.46. The third-order valence-electron chi connectivity index (χ3n) is 5.03. The third-order valence-corrected chi connectivity index (χ3v) is 5.92. The van der Waals surface area contributed by atoms with E-state index in [0.717, 1.165) is 25.7 Å². The summed E-state index contributed by atoms with van der Waals surface area (Å²) >= 11 is 7.73. The summed E-state index contributed by atoms with van der Waals surface area (Å²) in [5.41, 5.74) is 1.08. The van der Waals surface area contributed by atoms with E-state index in [1.54, 1.807) is 30.5 Å². The van der Waals surface area contributed by atoms with Crippen LogP contribution in [-0.4, -0.2) is 39.9 Å². The highest BCUT2D eigenvalue weighted by atomic mass is 35.5. The van der Waals surface area contributed by atoms with Crippen LogP contribution in [0.15, 0.2) is 35.6 Å². The van der Waals surface area contributed by atoms with E-state index >= 15 is 0 Å². The lowest BCUT2D eigenvalue weighted by atomic mass is 9.84. The van der Waals surface area contributed by atoms with Crippen molar-refractivity contribution < 1.29 is 9.90 Å².